The Morgan fingerprint density at radius 3 is 2.34 bits per heavy atom. The van der Waals surface area contributed by atoms with Gasteiger partial charge in [0.25, 0.3) is 0 Å². The Morgan fingerprint density at radius 1 is 1.20 bits per heavy atom. The zero-order valence-corrected chi connectivity index (χ0v) is 23.2. The van der Waals surface area contributed by atoms with Crippen molar-refractivity contribution in [3.05, 3.63) is 0 Å². The topological polar surface area (TPSA) is 108 Å². The van der Waals surface area contributed by atoms with E-state index in [1.165, 1.54) is 0 Å². The number of amides is 3. The fourth-order valence-corrected chi connectivity index (χ4v) is 7.31. The highest BCUT2D eigenvalue weighted by atomic mass is 16.5. The van der Waals surface area contributed by atoms with E-state index in [0.29, 0.717) is 19.4 Å². The second-order valence-corrected chi connectivity index (χ2v) is 13.1. The summed E-state index contributed by atoms with van der Waals surface area (Å²) >= 11 is 0. The van der Waals surface area contributed by atoms with Crippen molar-refractivity contribution in [2.75, 3.05) is 13.2 Å². The van der Waals surface area contributed by atoms with Crippen LogP contribution in [0.25, 0.3) is 0 Å². The van der Waals surface area contributed by atoms with Gasteiger partial charge in [0.05, 0.1) is 30.1 Å². The molecule has 8 nitrogen and oxygen atoms in total. The van der Waals surface area contributed by atoms with E-state index in [-0.39, 0.29) is 35.7 Å². The summed E-state index contributed by atoms with van der Waals surface area (Å²) in [5.41, 5.74) is -2.44. The molecule has 0 saturated carbocycles. The molecule has 3 amide bonds. The van der Waals surface area contributed by atoms with Gasteiger partial charge in [0.2, 0.25) is 17.7 Å². The number of ether oxygens (including phenoxy) is 1. The number of aliphatic hydroxyl groups excluding tert-OH is 1. The number of fused-ring (bicyclic) bond motifs is 1. The van der Waals surface area contributed by atoms with Crippen molar-refractivity contribution in [3.63, 3.8) is 0 Å². The smallest absolute Gasteiger partial charge is 0.246 e. The van der Waals surface area contributed by atoms with E-state index in [2.05, 4.69) is 31.4 Å². The summed E-state index contributed by atoms with van der Waals surface area (Å²) in [5, 5.41) is 16.4. The van der Waals surface area contributed by atoms with Gasteiger partial charge in [0.15, 0.2) is 0 Å². The van der Waals surface area contributed by atoms with E-state index in [9.17, 15) is 19.5 Å². The highest BCUT2D eigenvalue weighted by Crippen LogP contribution is 2.65. The first-order chi connectivity index (χ1) is 16.1. The molecule has 8 heteroatoms. The van der Waals surface area contributed by atoms with Crippen LogP contribution in [0.4, 0.5) is 0 Å². The minimum absolute atomic E-state index is 0.00374. The molecule has 35 heavy (non-hydrogen) atoms. The molecule has 0 aromatic carbocycles. The molecule has 0 aromatic rings. The molecule has 3 unspecified atom stereocenters. The van der Waals surface area contributed by atoms with E-state index >= 15 is 0 Å². The zero-order valence-electron chi connectivity index (χ0n) is 23.2. The predicted octanol–water partition coefficient (Wildman–Crippen LogP) is 2.63. The monoisotopic (exact) mass is 493 g/mol. The molecule has 0 aliphatic carbocycles. The molecule has 3 N–H and O–H groups in total. The molecule has 3 aliphatic rings. The third-order valence-corrected chi connectivity index (χ3v) is 8.34. The van der Waals surface area contributed by atoms with Crippen LogP contribution in [0, 0.1) is 23.2 Å². The molecule has 3 fully saturated rings. The normalized spacial score (nSPS) is 35.3. The number of aliphatic hydroxyl groups is 1. The summed E-state index contributed by atoms with van der Waals surface area (Å²) in [6.07, 6.45) is 2.56. The second-order valence-electron chi connectivity index (χ2n) is 13.1. The zero-order chi connectivity index (χ0) is 26.6. The van der Waals surface area contributed by atoms with E-state index in [4.69, 9.17) is 4.74 Å². The minimum Gasteiger partial charge on any atom is -0.394 e. The van der Waals surface area contributed by atoms with Crippen molar-refractivity contribution in [2.45, 2.75) is 117 Å². The summed E-state index contributed by atoms with van der Waals surface area (Å²) in [5.74, 6) is -2.14. The van der Waals surface area contributed by atoms with Crippen LogP contribution < -0.4 is 10.6 Å². The van der Waals surface area contributed by atoms with Gasteiger partial charge in [0, 0.05) is 12.1 Å². The van der Waals surface area contributed by atoms with Gasteiger partial charge >= 0.3 is 0 Å². The van der Waals surface area contributed by atoms with Crippen LogP contribution in [0.5, 0.6) is 0 Å². The first-order valence-corrected chi connectivity index (χ1v) is 13.3. The molecule has 1 spiro atoms. The van der Waals surface area contributed by atoms with Crippen molar-refractivity contribution in [1.29, 1.82) is 0 Å². The molecule has 2 bridgehead atoms. The largest absolute Gasteiger partial charge is 0.394 e. The Bertz CT molecular complexity index is 848. The molecule has 0 aromatic heterocycles. The number of hydrogen-bond acceptors (Lipinski definition) is 5. The van der Waals surface area contributed by atoms with Crippen molar-refractivity contribution in [3.8, 4) is 0 Å². The van der Waals surface area contributed by atoms with Crippen LogP contribution in [0.2, 0.25) is 0 Å². The predicted molar refractivity (Wildman–Crippen MR) is 134 cm³/mol. The lowest BCUT2D eigenvalue weighted by Gasteiger charge is -2.40. The summed E-state index contributed by atoms with van der Waals surface area (Å²) in [7, 11) is 0. The number of likely N-dealkylation sites (tertiary alicyclic amines) is 1. The van der Waals surface area contributed by atoms with Gasteiger partial charge in [0.1, 0.15) is 11.6 Å². The number of rotatable bonds is 9. The first-order valence-electron chi connectivity index (χ1n) is 13.3. The van der Waals surface area contributed by atoms with Crippen molar-refractivity contribution in [1.82, 2.24) is 15.5 Å². The summed E-state index contributed by atoms with van der Waals surface area (Å²) in [6, 6.07) is -1.42. The molecule has 0 radical (unpaired) electrons. The van der Waals surface area contributed by atoms with Crippen LogP contribution in [0.3, 0.4) is 0 Å². The van der Waals surface area contributed by atoms with Crippen LogP contribution >= 0.6 is 0 Å². The fourth-order valence-electron chi connectivity index (χ4n) is 7.31. The van der Waals surface area contributed by atoms with Crippen LogP contribution in [-0.2, 0) is 19.1 Å². The van der Waals surface area contributed by atoms with Gasteiger partial charge in [-0.2, -0.15) is 0 Å². The fraction of sp³-hybridized carbons (Fsp3) is 0.889. The lowest BCUT2D eigenvalue weighted by molar-refractivity contribution is -0.151. The second kappa shape index (κ2) is 9.33. The third kappa shape index (κ3) is 4.61. The van der Waals surface area contributed by atoms with Crippen molar-refractivity contribution in [2.24, 2.45) is 23.2 Å². The Kier molecular flexibility index (Phi) is 7.44. The van der Waals surface area contributed by atoms with Crippen LogP contribution in [0.1, 0.15) is 88.0 Å². The number of nitrogens with zero attached hydrogens (tertiary/aromatic N) is 1. The van der Waals surface area contributed by atoms with Gasteiger partial charge in [-0.15, -0.1) is 0 Å². The van der Waals surface area contributed by atoms with Gasteiger partial charge in [-0.25, -0.2) is 0 Å². The molecule has 3 saturated heterocycles. The first kappa shape index (κ1) is 27.9. The number of hydrogen-bond donors (Lipinski definition) is 3. The van der Waals surface area contributed by atoms with E-state index in [1.807, 2.05) is 41.5 Å². The van der Waals surface area contributed by atoms with Gasteiger partial charge < -0.3 is 25.4 Å². The van der Waals surface area contributed by atoms with Crippen LogP contribution in [0.15, 0.2) is 0 Å². The quantitative estimate of drug-likeness (QED) is 0.458. The molecular weight excluding hydrogens is 446 g/mol. The maximum atomic E-state index is 14.1. The summed E-state index contributed by atoms with van der Waals surface area (Å²) in [4.78, 5) is 43.1. The summed E-state index contributed by atoms with van der Waals surface area (Å²) < 4.78 is 6.72. The van der Waals surface area contributed by atoms with Crippen LogP contribution in [-0.4, -0.2) is 69.7 Å². The van der Waals surface area contributed by atoms with Crippen molar-refractivity contribution < 1.29 is 24.2 Å². The lowest BCUT2D eigenvalue weighted by atomic mass is 9.62. The summed E-state index contributed by atoms with van der Waals surface area (Å²) in [6.45, 7) is 18.5. The minimum atomic E-state index is -1.09. The van der Waals surface area contributed by atoms with E-state index in [0.717, 1.165) is 12.8 Å². The SMILES string of the molecule is CCCNC(=O)[C@H]1[C@H]2C(=O)N([C@@H](CC)CO)C(C(=O)NC(C)(C)CC(C)(C)C)C23CC(C)[C@]1(C)O3. The average molecular weight is 494 g/mol. The Morgan fingerprint density at radius 2 is 1.83 bits per heavy atom. The number of nitrogens with one attached hydrogen (secondary N) is 2. The third-order valence-electron chi connectivity index (χ3n) is 8.34. The number of carbonyl (C=O) groups is 3. The van der Waals surface area contributed by atoms with Gasteiger partial charge in [-0.3, -0.25) is 14.4 Å². The maximum Gasteiger partial charge on any atom is 0.246 e. The average Bonchev–Trinajstić information content (AvgIpc) is 3.22. The molecule has 3 aliphatic heterocycles. The van der Waals surface area contributed by atoms with Gasteiger partial charge in [-0.1, -0.05) is 41.5 Å². The molecule has 3 rings (SSSR count). The maximum absolute atomic E-state index is 14.1. The Hall–Kier alpha value is -1.67. The Balaban J connectivity index is 2.07. The number of carbonyl (C=O) groups excluding carboxylic acids is 3. The molecular formula is C27H47N3O5. The molecule has 200 valence electrons. The highest BCUT2D eigenvalue weighted by molar-refractivity contribution is 5.99. The Labute approximate surface area is 210 Å². The van der Waals surface area contributed by atoms with E-state index in [1.54, 1.807) is 4.90 Å². The van der Waals surface area contributed by atoms with Crippen molar-refractivity contribution >= 4 is 17.7 Å². The van der Waals surface area contributed by atoms with Gasteiger partial charge in [-0.05, 0) is 57.8 Å². The van der Waals surface area contributed by atoms with E-state index < -0.39 is 40.7 Å². The molecule has 3 heterocycles. The molecule has 7 atom stereocenters. The highest BCUT2D eigenvalue weighted by Gasteiger charge is 2.80. The lowest BCUT2D eigenvalue weighted by Crippen LogP contribution is -2.61. The standard InChI is InChI=1S/C27H47N3O5/c1-10-12-28-21(32)18-19-23(34)30(17(11-2)14-31)20(27(19)13-16(3)26(18,9)35-27)22(33)29-25(7,8)15-24(4,5)6/h16-20,31H,10-15H2,1-9H3,(H,28,32)(H,29,33)/t16?,17-,18+,19-,20?,26-,27?/m0/s1.